The number of carbonyl (C=O) groups excluding carboxylic acids is 1. The second kappa shape index (κ2) is 6.06. The molecule has 2 heterocycles. The van der Waals surface area contributed by atoms with Crippen LogP contribution in [0.1, 0.15) is 41.6 Å². The lowest BCUT2D eigenvalue weighted by atomic mass is 9.80. The van der Waals surface area contributed by atoms with Crippen molar-refractivity contribution in [3.8, 4) is 0 Å². The number of nitro benzene ring substituents is 1. The first-order chi connectivity index (χ1) is 12.5. The Bertz CT molecular complexity index is 878. The van der Waals surface area contributed by atoms with Crippen LogP contribution in [0.2, 0.25) is 0 Å². The van der Waals surface area contributed by atoms with Crippen molar-refractivity contribution in [2.75, 3.05) is 16.9 Å². The number of rotatable bonds is 3. The fourth-order valence-electron chi connectivity index (χ4n) is 4.08. The Kier molecular flexibility index (Phi) is 3.84. The van der Waals surface area contributed by atoms with E-state index in [-0.39, 0.29) is 16.8 Å². The lowest BCUT2D eigenvalue weighted by molar-refractivity contribution is -0.384. The monoisotopic (exact) mass is 353 g/mol. The van der Waals surface area contributed by atoms with E-state index in [0.717, 1.165) is 36.3 Å². The van der Waals surface area contributed by atoms with Crippen LogP contribution in [-0.4, -0.2) is 22.4 Å². The minimum absolute atomic E-state index is 0.0338. The summed E-state index contributed by atoms with van der Waals surface area (Å²) in [6.07, 6.45) is 6.69. The molecule has 0 bridgehead atoms. The largest absolute Gasteiger partial charge is 0.758 e. The van der Waals surface area contributed by atoms with E-state index in [9.17, 15) is 20.1 Å². The van der Waals surface area contributed by atoms with Gasteiger partial charge in [0.15, 0.2) is 0 Å². The number of hydrogen-bond donors (Lipinski definition) is 1. The SMILES string of the molecule is O=C(Nc1cc2c(cc1[N+](=O)[O-])C1(CCCC1)CN2[O-])c1ccncc1. The van der Waals surface area contributed by atoms with Gasteiger partial charge in [-0.3, -0.25) is 19.9 Å². The smallest absolute Gasteiger partial charge is 0.293 e. The molecule has 26 heavy (non-hydrogen) atoms. The van der Waals surface area contributed by atoms with Crippen molar-refractivity contribution in [2.24, 2.45) is 0 Å². The number of fused-ring (bicyclic) bond motifs is 2. The first-order valence-electron chi connectivity index (χ1n) is 8.49. The highest BCUT2D eigenvalue weighted by atomic mass is 16.6. The second-order valence-electron chi connectivity index (χ2n) is 6.86. The predicted octanol–water partition coefficient (Wildman–Crippen LogP) is 3.37. The van der Waals surface area contributed by atoms with E-state index in [4.69, 9.17) is 0 Å². The van der Waals surface area contributed by atoms with Crippen LogP contribution < -0.4 is 10.4 Å². The Labute approximate surface area is 149 Å². The molecule has 1 aliphatic heterocycles. The summed E-state index contributed by atoms with van der Waals surface area (Å²) < 4.78 is 0. The molecule has 1 N–H and O–H groups in total. The van der Waals surface area contributed by atoms with Gasteiger partial charge in [0.05, 0.1) is 4.92 Å². The number of aromatic nitrogens is 1. The van der Waals surface area contributed by atoms with Crippen LogP contribution >= 0.6 is 0 Å². The van der Waals surface area contributed by atoms with E-state index < -0.39 is 10.8 Å². The molecule has 134 valence electrons. The Morgan fingerprint density at radius 3 is 2.58 bits per heavy atom. The molecule has 1 aromatic heterocycles. The normalized spacial score (nSPS) is 17.3. The standard InChI is InChI=1S/C18H17N4O4/c23-17(12-3-7-19-8-4-12)20-14-10-15-13(9-16(14)22(25)26)18(11-21(15)24)5-1-2-6-18/h3-4,7-10H,1-2,5-6,11H2,(H,20,23)/q-1. The van der Waals surface area contributed by atoms with Crippen molar-refractivity contribution in [2.45, 2.75) is 31.1 Å². The van der Waals surface area contributed by atoms with Crippen molar-refractivity contribution < 1.29 is 9.72 Å². The average molecular weight is 353 g/mol. The van der Waals surface area contributed by atoms with Gasteiger partial charge in [-0.25, -0.2) is 0 Å². The van der Waals surface area contributed by atoms with Crippen LogP contribution in [0.25, 0.3) is 0 Å². The fourth-order valence-corrected chi connectivity index (χ4v) is 4.08. The molecule has 0 radical (unpaired) electrons. The zero-order valence-electron chi connectivity index (χ0n) is 14.0. The molecule has 4 rings (SSSR count). The molecule has 0 unspecified atom stereocenters. The molecule has 1 fully saturated rings. The molecule has 8 heteroatoms. The van der Waals surface area contributed by atoms with Crippen molar-refractivity contribution in [1.82, 2.24) is 4.98 Å². The van der Waals surface area contributed by atoms with Crippen LogP contribution in [0.3, 0.4) is 0 Å². The van der Waals surface area contributed by atoms with Gasteiger partial charge in [-0.15, -0.1) is 0 Å². The van der Waals surface area contributed by atoms with E-state index in [1.54, 1.807) is 0 Å². The maximum absolute atomic E-state index is 12.4. The summed E-state index contributed by atoms with van der Waals surface area (Å²) in [4.78, 5) is 27.3. The number of nitro groups is 1. The lowest BCUT2D eigenvalue weighted by Gasteiger charge is -2.29. The van der Waals surface area contributed by atoms with Gasteiger partial charge in [0.25, 0.3) is 11.6 Å². The highest BCUT2D eigenvalue weighted by molar-refractivity contribution is 6.05. The van der Waals surface area contributed by atoms with E-state index in [0.29, 0.717) is 17.8 Å². The molecule has 2 aromatic rings. The second-order valence-corrected chi connectivity index (χ2v) is 6.86. The quantitative estimate of drug-likeness (QED) is 0.669. The minimum atomic E-state index is -0.515. The third-order valence-corrected chi connectivity index (χ3v) is 5.35. The fraction of sp³-hybridized carbons (Fsp3) is 0.333. The summed E-state index contributed by atoms with van der Waals surface area (Å²) in [5.74, 6) is -0.485. The summed E-state index contributed by atoms with van der Waals surface area (Å²) in [5.41, 5.74) is 1.04. The summed E-state index contributed by atoms with van der Waals surface area (Å²) in [6.45, 7) is 0.321. The van der Waals surface area contributed by atoms with Crippen LogP contribution in [0.4, 0.5) is 17.1 Å². The number of anilines is 2. The van der Waals surface area contributed by atoms with Crippen LogP contribution in [0, 0.1) is 15.3 Å². The van der Waals surface area contributed by atoms with Crippen LogP contribution in [-0.2, 0) is 5.41 Å². The van der Waals surface area contributed by atoms with Crippen molar-refractivity contribution in [3.63, 3.8) is 0 Å². The third kappa shape index (κ3) is 2.59. The lowest BCUT2D eigenvalue weighted by Crippen LogP contribution is -2.27. The molecule has 2 aliphatic rings. The molecule has 1 aromatic carbocycles. The predicted molar refractivity (Wildman–Crippen MR) is 96.1 cm³/mol. The summed E-state index contributed by atoms with van der Waals surface area (Å²) in [6, 6.07) is 5.94. The maximum Gasteiger partial charge on any atom is 0.293 e. The zero-order chi connectivity index (χ0) is 18.3. The number of carbonyl (C=O) groups is 1. The van der Waals surface area contributed by atoms with Gasteiger partial charge in [0, 0.05) is 41.7 Å². The first kappa shape index (κ1) is 16.5. The summed E-state index contributed by atoms with van der Waals surface area (Å²) >= 11 is 0. The van der Waals surface area contributed by atoms with E-state index in [1.165, 1.54) is 36.7 Å². The summed E-state index contributed by atoms with van der Waals surface area (Å²) in [7, 11) is 0. The van der Waals surface area contributed by atoms with Gasteiger partial charge in [0.1, 0.15) is 5.69 Å². The number of pyridine rings is 1. The molecular formula is C18H17N4O4-. The number of hydroxylamine groups is 1. The topological polar surface area (TPSA) is 111 Å². The molecule has 1 saturated carbocycles. The number of benzene rings is 1. The first-order valence-corrected chi connectivity index (χ1v) is 8.49. The molecular weight excluding hydrogens is 336 g/mol. The van der Waals surface area contributed by atoms with Gasteiger partial charge >= 0.3 is 0 Å². The molecule has 1 aliphatic carbocycles. The van der Waals surface area contributed by atoms with Gasteiger partial charge in [0.2, 0.25) is 0 Å². The Hall–Kier alpha value is -3.00. The highest BCUT2D eigenvalue weighted by Gasteiger charge is 2.43. The van der Waals surface area contributed by atoms with Gasteiger partial charge in [-0.05, 0) is 36.6 Å². The van der Waals surface area contributed by atoms with Gasteiger partial charge in [-0.2, -0.15) is 0 Å². The molecule has 8 nitrogen and oxygen atoms in total. The molecule has 0 saturated heterocycles. The number of nitrogens with zero attached hydrogens (tertiary/aromatic N) is 3. The average Bonchev–Trinajstić information content (AvgIpc) is 3.20. The van der Waals surface area contributed by atoms with E-state index in [2.05, 4.69) is 10.3 Å². The van der Waals surface area contributed by atoms with E-state index in [1.807, 2.05) is 0 Å². The highest BCUT2D eigenvalue weighted by Crippen LogP contribution is 2.52. The maximum atomic E-state index is 12.4. The zero-order valence-corrected chi connectivity index (χ0v) is 14.0. The Morgan fingerprint density at radius 2 is 1.92 bits per heavy atom. The van der Waals surface area contributed by atoms with Crippen LogP contribution in [0.5, 0.6) is 0 Å². The Morgan fingerprint density at radius 1 is 1.23 bits per heavy atom. The van der Waals surface area contributed by atoms with Crippen molar-refractivity contribution in [3.05, 3.63) is 63.1 Å². The molecule has 1 amide bonds. The minimum Gasteiger partial charge on any atom is -0.758 e. The van der Waals surface area contributed by atoms with Crippen molar-refractivity contribution >= 4 is 23.0 Å². The number of nitrogens with one attached hydrogen (secondary N) is 1. The number of amides is 1. The van der Waals surface area contributed by atoms with Crippen molar-refractivity contribution in [1.29, 1.82) is 0 Å². The van der Waals surface area contributed by atoms with Gasteiger partial charge in [-0.1, -0.05) is 12.8 Å². The number of hydrogen-bond acceptors (Lipinski definition) is 6. The molecule has 1 spiro atoms. The van der Waals surface area contributed by atoms with Crippen LogP contribution in [0.15, 0.2) is 36.7 Å². The van der Waals surface area contributed by atoms with Gasteiger partial charge < -0.3 is 15.6 Å². The van der Waals surface area contributed by atoms with E-state index >= 15 is 0 Å². The molecule has 0 atom stereocenters. The Balaban J connectivity index is 1.75. The third-order valence-electron chi connectivity index (χ3n) is 5.35. The summed E-state index contributed by atoms with van der Waals surface area (Å²) in [5, 5.41) is 27.5.